The molecule has 0 amide bonds. The fraction of sp³-hybridized carbons (Fsp3) is 0.316. The highest BCUT2D eigenvalue weighted by atomic mass is 19.1. The van der Waals surface area contributed by atoms with E-state index in [0.29, 0.717) is 34.8 Å². The zero-order chi connectivity index (χ0) is 19.0. The summed E-state index contributed by atoms with van der Waals surface area (Å²) >= 11 is 0. The molecule has 0 saturated carbocycles. The van der Waals surface area contributed by atoms with E-state index in [1.54, 1.807) is 18.3 Å². The molecule has 2 atom stereocenters. The summed E-state index contributed by atoms with van der Waals surface area (Å²) in [6.45, 7) is 3.98. The molecule has 1 N–H and O–H groups in total. The topological polar surface area (TPSA) is 77.8 Å². The average Bonchev–Trinajstić information content (AvgIpc) is 3.05. The Bertz CT molecular complexity index is 1000. The van der Waals surface area contributed by atoms with E-state index in [1.807, 2.05) is 13.8 Å². The predicted octanol–water partition coefficient (Wildman–Crippen LogP) is 3.37. The molecule has 3 heterocycles. The van der Waals surface area contributed by atoms with Gasteiger partial charge < -0.3 is 14.8 Å². The molecule has 140 valence electrons. The fourth-order valence-corrected chi connectivity index (χ4v) is 3.03. The predicted molar refractivity (Wildman–Crippen MR) is 96.4 cm³/mol. The number of esters is 1. The monoisotopic (exact) mass is 370 g/mol. The first-order chi connectivity index (χ1) is 13.0. The number of ether oxygens (including phenoxy) is 2. The Hall–Kier alpha value is -3.16. The van der Waals surface area contributed by atoms with Crippen molar-refractivity contribution in [3.8, 4) is 5.75 Å². The maximum absolute atomic E-state index is 13.8. The fourth-order valence-electron chi connectivity index (χ4n) is 3.03. The lowest BCUT2D eigenvalue weighted by Crippen LogP contribution is -2.19. The lowest BCUT2D eigenvalue weighted by Gasteiger charge is -2.22. The first kappa shape index (κ1) is 17.3. The van der Waals surface area contributed by atoms with Gasteiger partial charge in [-0.15, -0.1) is 0 Å². The number of hydrogen-bond acceptors (Lipinski definition) is 6. The van der Waals surface area contributed by atoms with Crippen molar-refractivity contribution in [3.05, 3.63) is 53.6 Å². The summed E-state index contributed by atoms with van der Waals surface area (Å²) in [5, 5.41) is 7.37. The number of fused-ring (bicyclic) bond motifs is 2. The number of carbonyl (C=O) groups excluding carboxylic acids is 1. The molecule has 0 fully saturated rings. The molecule has 2 bridgehead atoms. The van der Waals surface area contributed by atoms with Crippen molar-refractivity contribution in [2.24, 2.45) is 0 Å². The minimum absolute atomic E-state index is 0.196. The minimum Gasteiger partial charge on any atom is -0.490 e. The van der Waals surface area contributed by atoms with Gasteiger partial charge in [-0.3, -0.25) is 0 Å². The van der Waals surface area contributed by atoms with E-state index in [-0.39, 0.29) is 24.6 Å². The van der Waals surface area contributed by atoms with Crippen LogP contribution < -0.4 is 10.1 Å². The first-order valence-electron chi connectivity index (χ1n) is 8.75. The van der Waals surface area contributed by atoms with Crippen LogP contribution in [0.5, 0.6) is 5.75 Å². The maximum atomic E-state index is 13.8. The van der Waals surface area contributed by atoms with Crippen molar-refractivity contribution >= 4 is 17.4 Å². The van der Waals surface area contributed by atoms with E-state index in [1.165, 1.54) is 22.8 Å². The summed E-state index contributed by atoms with van der Waals surface area (Å²) in [6, 6.07) is 5.90. The van der Waals surface area contributed by atoms with Gasteiger partial charge in [-0.2, -0.15) is 5.10 Å². The van der Waals surface area contributed by atoms with Crippen LogP contribution >= 0.6 is 0 Å². The summed E-state index contributed by atoms with van der Waals surface area (Å²) in [5.41, 5.74) is 1.38. The molecule has 0 unspecified atom stereocenters. The number of cyclic esters (lactones) is 1. The van der Waals surface area contributed by atoms with E-state index in [4.69, 9.17) is 9.47 Å². The highest BCUT2D eigenvalue weighted by Crippen LogP contribution is 2.30. The molecule has 0 aliphatic carbocycles. The molecule has 1 aliphatic rings. The number of nitrogens with zero attached hydrogens (tertiary/aromatic N) is 3. The number of aromatic nitrogens is 3. The van der Waals surface area contributed by atoms with Gasteiger partial charge in [0.1, 0.15) is 22.9 Å². The van der Waals surface area contributed by atoms with Crippen molar-refractivity contribution in [1.29, 1.82) is 0 Å². The third kappa shape index (κ3) is 3.42. The van der Waals surface area contributed by atoms with E-state index in [2.05, 4.69) is 15.4 Å². The largest absolute Gasteiger partial charge is 0.490 e. The summed E-state index contributed by atoms with van der Waals surface area (Å²) < 4.78 is 26.6. The Kier molecular flexibility index (Phi) is 4.39. The number of rotatable bonds is 0. The normalized spacial score (nSPS) is 20.3. The maximum Gasteiger partial charge on any atom is 0.343 e. The zero-order valence-electron chi connectivity index (χ0n) is 15.0. The van der Waals surface area contributed by atoms with Crippen molar-refractivity contribution in [2.75, 3.05) is 11.9 Å². The molecule has 1 aromatic carbocycles. The van der Waals surface area contributed by atoms with Gasteiger partial charge in [0.25, 0.3) is 0 Å². The number of anilines is 1. The third-order valence-electron chi connectivity index (χ3n) is 4.48. The Balaban J connectivity index is 1.78. The second-order valence-corrected chi connectivity index (χ2v) is 6.54. The Labute approximate surface area is 155 Å². The molecule has 27 heavy (non-hydrogen) atoms. The summed E-state index contributed by atoms with van der Waals surface area (Å²) in [6.07, 6.45) is 3.43. The van der Waals surface area contributed by atoms with Crippen molar-refractivity contribution in [2.45, 2.75) is 32.4 Å². The van der Waals surface area contributed by atoms with Gasteiger partial charge in [-0.1, -0.05) is 0 Å². The SMILES string of the molecule is C[C@H]1CCOC(=O)c2cnn3ccc(nc23)N[C@H](C)c2cc(F)ccc2O1. The molecule has 4 rings (SSSR count). The number of benzene rings is 1. The third-order valence-corrected chi connectivity index (χ3v) is 4.48. The van der Waals surface area contributed by atoms with Crippen LogP contribution in [0.25, 0.3) is 5.65 Å². The summed E-state index contributed by atoms with van der Waals surface area (Å²) in [4.78, 5) is 16.8. The van der Waals surface area contributed by atoms with Crippen LogP contribution in [-0.4, -0.2) is 33.3 Å². The highest BCUT2D eigenvalue weighted by Gasteiger charge is 2.20. The Morgan fingerprint density at radius 2 is 2.15 bits per heavy atom. The molecular formula is C19H19FN4O3. The van der Waals surface area contributed by atoms with Gasteiger partial charge >= 0.3 is 5.97 Å². The van der Waals surface area contributed by atoms with Crippen LogP contribution in [0.3, 0.4) is 0 Å². The van der Waals surface area contributed by atoms with Gasteiger partial charge in [0.2, 0.25) is 0 Å². The zero-order valence-corrected chi connectivity index (χ0v) is 15.0. The Morgan fingerprint density at radius 3 is 3.00 bits per heavy atom. The van der Waals surface area contributed by atoms with Gasteiger partial charge in [0, 0.05) is 18.2 Å². The molecule has 0 saturated heterocycles. The molecule has 7 nitrogen and oxygen atoms in total. The second-order valence-electron chi connectivity index (χ2n) is 6.54. The Morgan fingerprint density at radius 1 is 1.30 bits per heavy atom. The van der Waals surface area contributed by atoms with E-state index in [0.717, 1.165) is 0 Å². The first-order valence-corrected chi connectivity index (χ1v) is 8.75. The number of nitrogens with one attached hydrogen (secondary N) is 1. The smallest absolute Gasteiger partial charge is 0.343 e. The molecular weight excluding hydrogens is 351 g/mol. The second kappa shape index (κ2) is 6.86. The van der Waals surface area contributed by atoms with Gasteiger partial charge in [-0.05, 0) is 38.1 Å². The van der Waals surface area contributed by atoms with Gasteiger partial charge in [-0.25, -0.2) is 18.7 Å². The average molecular weight is 370 g/mol. The lowest BCUT2D eigenvalue weighted by molar-refractivity contribution is 0.0458. The van der Waals surface area contributed by atoms with Gasteiger partial charge in [0.05, 0.1) is 24.9 Å². The van der Waals surface area contributed by atoms with Gasteiger partial charge in [0.15, 0.2) is 5.65 Å². The number of hydrogen-bond donors (Lipinski definition) is 1. The molecule has 8 heteroatoms. The molecule has 3 aromatic rings. The lowest BCUT2D eigenvalue weighted by atomic mass is 10.1. The molecule has 0 spiro atoms. The van der Waals surface area contributed by atoms with Crippen molar-refractivity contribution in [1.82, 2.24) is 14.6 Å². The van der Waals surface area contributed by atoms with Crippen LogP contribution in [0.15, 0.2) is 36.7 Å². The molecule has 1 aliphatic heterocycles. The van der Waals surface area contributed by atoms with Crippen LogP contribution in [-0.2, 0) is 4.74 Å². The van der Waals surface area contributed by atoms with Crippen LogP contribution in [0, 0.1) is 5.82 Å². The number of halogens is 1. The highest BCUT2D eigenvalue weighted by molar-refractivity contribution is 5.95. The van der Waals surface area contributed by atoms with Crippen LogP contribution in [0.1, 0.15) is 42.2 Å². The summed E-state index contributed by atoms with van der Waals surface area (Å²) in [5.74, 6) is 0.299. The van der Waals surface area contributed by atoms with E-state index >= 15 is 0 Å². The summed E-state index contributed by atoms with van der Waals surface area (Å²) in [7, 11) is 0. The standard InChI is InChI=1S/C19H19FN4O3/c1-11-6-8-26-19(25)15-10-21-24-7-5-17(23-18(15)24)22-12(2)14-9-13(20)3-4-16(14)27-11/h3-5,7,9-12H,6,8H2,1-2H3,(H,22,23)/t11-,12+/m0/s1. The van der Waals surface area contributed by atoms with Crippen LogP contribution in [0.2, 0.25) is 0 Å². The van der Waals surface area contributed by atoms with Crippen molar-refractivity contribution < 1.29 is 18.7 Å². The van der Waals surface area contributed by atoms with Crippen molar-refractivity contribution in [3.63, 3.8) is 0 Å². The quantitative estimate of drug-likeness (QED) is 0.612. The molecule has 0 radical (unpaired) electrons. The minimum atomic E-state index is -0.477. The van der Waals surface area contributed by atoms with E-state index in [9.17, 15) is 9.18 Å². The van der Waals surface area contributed by atoms with E-state index < -0.39 is 5.97 Å². The van der Waals surface area contributed by atoms with Crippen LogP contribution in [0.4, 0.5) is 10.2 Å². The number of carbonyl (C=O) groups is 1. The molecule has 2 aromatic heterocycles.